The summed E-state index contributed by atoms with van der Waals surface area (Å²) in [4.78, 5) is 43.4. The first-order valence-electron chi connectivity index (χ1n) is 15.8. The topological polar surface area (TPSA) is 91.0 Å². The van der Waals surface area contributed by atoms with Gasteiger partial charge < -0.3 is 25.2 Å². The Morgan fingerprint density at radius 2 is 1.74 bits per heavy atom. The Hall–Kier alpha value is -3.91. The third-order valence-electron chi connectivity index (χ3n) is 9.54. The van der Waals surface area contributed by atoms with Gasteiger partial charge in [0.2, 0.25) is 17.7 Å². The second kappa shape index (κ2) is 13.2. The Morgan fingerprint density at radius 3 is 2.63 bits per heavy atom. The number of amides is 3. The Morgan fingerprint density at radius 1 is 0.953 bits per heavy atom. The summed E-state index contributed by atoms with van der Waals surface area (Å²) in [5.74, 6) is 0.650. The van der Waals surface area contributed by atoms with Crippen LogP contribution >= 0.6 is 0 Å². The van der Waals surface area contributed by atoms with E-state index in [0.29, 0.717) is 26.2 Å². The molecule has 3 aromatic carbocycles. The highest BCUT2D eigenvalue weighted by atomic mass is 16.5. The molecule has 3 aromatic rings. The molecule has 0 radical (unpaired) electrons. The zero-order chi connectivity index (χ0) is 29.6. The number of nitrogens with zero attached hydrogens (tertiary/aromatic N) is 2. The molecule has 3 aliphatic heterocycles. The molecule has 1 spiro atoms. The summed E-state index contributed by atoms with van der Waals surface area (Å²) >= 11 is 0. The molecule has 2 N–H and O–H groups in total. The number of likely N-dealkylation sites (tertiary alicyclic amines) is 1. The predicted octanol–water partition coefficient (Wildman–Crippen LogP) is 4.31. The molecule has 2 fully saturated rings. The van der Waals surface area contributed by atoms with Crippen molar-refractivity contribution in [3.8, 4) is 5.75 Å². The maximum Gasteiger partial charge on any atom is 0.227 e. The molecule has 0 aromatic heterocycles. The van der Waals surface area contributed by atoms with Gasteiger partial charge in [0, 0.05) is 31.4 Å². The number of nitrogens with one attached hydrogen (secondary N) is 2. The number of rotatable bonds is 5. The van der Waals surface area contributed by atoms with Gasteiger partial charge in [-0.2, -0.15) is 0 Å². The van der Waals surface area contributed by atoms with Crippen LogP contribution in [0.25, 0.3) is 10.8 Å². The molecule has 43 heavy (non-hydrogen) atoms. The van der Waals surface area contributed by atoms with Gasteiger partial charge in [-0.3, -0.25) is 14.4 Å². The number of carbonyl (C=O) groups is 3. The van der Waals surface area contributed by atoms with Crippen molar-refractivity contribution in [3.63, 3.8) is 0 Å². The first kappa shape index (κ1) is 29.2. The smallest absolute Gasteiger partial charge is 0.227 e. The molecule has 0 saturated carbocycles. The molecule has 6 rings (SSSR count). The maximum atomic E-state index is 13.4. The highest BCUT2D eigenvalue weighted by Gasteiger charge is 2.41. The van der Waals surface area contributed by atoms with Crippen LogP contribution in [0.5, 0.6) is 5.75 Å². The second-order valence-corrected chi connectivity index (χ2v) is 12.2. The molecular weight excluding hydrogens is 540 g/mol. The number of aryl methyl sites for hydroxylation is 1. The summed E-state index contributed by atoms with van der Waals surface area (Å²) in [6.07, 6.45) is 5.78. The lowest BCUT2D eigenvalue weighted by Gasteiger charge is -2.41. The first-order valence-corrected chi connectivity index (χ1v) is 15.8. The van der Waals surface area contributed by atoms with Crippen LogP contribution in [0.1, 0.15) is 44.1 Å². The highest BCUT2D eigenvalue weighted by Crippen LogP contribution is 2.38. The molecule has 226 valence electrons. The summed E-state index contributed by atoms with van der Waals surface area (Å²) in [5.41, 5.74) is 1.77. The van der Waals surface area contributed by atoms with Crippen LogP contribution in [0.4, 0.5) is 5.69 Å². The van der Waals surface area contributed by atoms with Crippen molar-refractivity contribution in [1.29, 1.82) is 0 Å². The highest BCUT2D eigenvalue weighted by molar-refractivity contribution is 6.07. The van der Waals surface area contributed by atoms with E-state index in [9.17, 15) is 14.4 Å². The molecule has 3 heterocycles. The lowest BCUT2D eigenvalue weighted by Crippen LogP contribution is -2.50. The third kappa shape index (κ3) is 6.54. The normalized spacial score (nSPS) is 21.4. The van der Waals surface area contributed by atoms with E-state index in [1.165, 1.54) is 5.56 Å². The van der Waals surface area contributed by atoms with Crippen molar-refractivity contribution >= 4 is 34.2 Å². The summed E-state index contributed by atoms with van der Waals surface area (Å²) in [6.45, 7) is 4.31. The number of ether oxygens (including phenoxy) is 1. The fraction of sp³-hybridized carbons (Fsp3) is 0.457. The minimum atomic E-state index is -0.355. The van der Waals surface area contributed by atoms with E-state index < -0.39 is 0 Å². The summed E-state index contributed by atoms with van der Waals surface area (Å²) in [7, 11) is 0. The van der Waals surface area contributed by atoms with Gasteiger partial charge in [0.15, 0.2) is 0 Å². The summed E-state index contributed by atoms with van der Waals surface area (Å²) in [5, 5.41) is 8.34. The predicted molar refractivity (Wildman–Crippen MR) is 168 cm³/mol. The van der Waals surface area contributed by atoms with Gasteiger partial charge in [0.05, 0.1) is 23.6 Å². The summed E-state index contributed by atoms with van der Waals surface area (Å²) in [6, 6.07) is 22.2. The van der Waals surface area contributed by atoms with Crippen molar-refractivity contribution in [3.05, 3.63) is 72.3 Å². The molecule has 8 heteroatoms. The van der Waals surface area contributed by atoms with Crippen LogP contribution in [0.2, 0.25) is 0 Å². The lowest BCUT2D eigenvalue weighted by molar-refractivity contribution is -0.134. The Bertz CT molecular complexity index is 1460. The number of fused-ring (bicyclic) bond motifs is 2. The van der Waals surface area contributed by atoms with Gasteiger partial charge in [-0.05, 0) is 68.3 Å². The van der Waals surface area contributed by atoms with Crippen LogP contribution in [0.3, 0.4) is 0 Å². The maximum absolute atomic E-state index is 13.4. The molecule has 0 bridgehead atoms. The minimum Gasteiger partial charge on any atom is -0.491 e. The number of hydrogen-bond acceptors (Lipinski definition) is 5. The van der Waals surface area contributed by atoms with Crippen molar-refractivity contribution in [2.45, 2.75) is 44.9 Å². The number of benzene rings is 3. The molecule has 1 unspecified atom stereocenters. The molecule has 8 nitrogen and oxygen atoms in total. The van der Waals surface area contributed by atoms with E-state index in [4.69, 9.17) is 4.74 Å². The van der Waals surface area contributed by atoms with Crippen LogP contribution in [0, 0.1) is 11.3 Å². The molecular formula is C35H42N4O4. The van der Waals surface area contributed by atoms with Gasteiger partial charge in [0.25, 0.3) is 0 Å². The number of hydrogen-bond donors (Lipinski definition) is 2. The molecule has 3 amide bonds. The molecule has 1 atom stereocenters. The molecule has 2 saturated heterocycles. The van der Waals surface area contributed by atoms with Gasteiger partial charge >= 0.3 is 0 Å². The average Bonchev–Trinajstić information content (AvgIpc) is 3.43. The third-order valence-corrected chi connectivity index (χ3v) is 9.54. The van der Waals surface area contributed by atoms with Crippen molar-refractivity contribution in [2.75, 3.05) is 50.8 Å². The van der Waals surface area contributed by atoms with Gasteiger partial charge in [-0.15, -0.1) is 0 Å². The largest absolute Gasteiger partial charge is 0.491 e. The second-order valence-electron chi connectivity index (χ2n) is 12.2. The van der Waals surface area contributed by atoms with Crippen molar-refractivity contribution in [2.24, 2.45) is 11.3 Å². The van der Waals surface area contributed by atoms with Crippen molar-refractivity contribution < 1.29 is 19.1 Å². The van der Waals surface area contributed by atoms with E-state index in [-0.39, 0.29) is 35.5 Å². The molecule has 3 aliphatic rings. The standard InChI is InChI=1S/C35H42N4O4/c40-32-24-28(25-39(32)30-13-7-11-26-8-1-3-12-29(26)30)33(41)36-18-22-38-20-16-35(17-21-38)15-6-5-10-27-9-2-4-14-31(27)43-23-19-37-34(35)42/h1-4,7-9,11-14,28H,5-6,10,15-25H2,(H,36,41)(H,37,42). The Kier molecular flexibility index (Phi) is 8.93. The van der Waals surface area contributed by atoms with E-state index in [2.05, 4.69) is 27.7 Å². The number of anilines is 1. The van der Waals surface area contributed by atoms with Crippen LogP contribution in [-0.2, 0) is 20.8 Å². The lowest BCUT2D eigenvalue weighted by atomic mass is 9.73. The fourth-order valence-electron chi connectivity index (χ4n) is 6.98. The average molecular weight is 583 g/mol. The molecule has 0 aliphatic carbocycles. The van der Waals surface area contributed by atoms with Gasteiger partial charge in [-0.1, -0.05) is 61.0 Å². The monoisotopic (exact) mass is 582 g/mol. The van der Waals surface area contributed by atoms with Crippen LogP contribution in [-0.4, -0.2) is 68.5 Å². The quantitative estimate of drug-likeness (QED) is 0.468. The van der Waals surface area contributed by atoms with E-state index >= 15 is 0 Å². The first-order chi connectivity index (χ1) is 21.0. The summed E-state index contributed by atoms with van der Waals surface area (Å²) < 4.78 is 5.97. The van der Waals surface area contributed by atoms with E-state index in [1.807, 2.05) is 54.6 Å². The van der Waals surface area contributed by atoms with Crippen LogP contribution in [0.15, 0.2) is 66.7 Å². The minimum absolute atomic E-state index is 0.0103. The van der Waals surface area contributed by atoms with Gasteiger partial charge in [-0.25, -0.2) is 0 Å². The zero-order valence-electron chi connectivity index (χ0n) is 24.9. The van der Waals surface area contributed by atoms with E-state index in [1.54, 1.807) is 4.90 Å². The van der Waals surface area contributed by atoms with Crippen molar-refractivity contribution in [1.82, 2.24) is 15.5 Å². The Labute approximate surface area is 253 Å². The SMILES string of the molecule is O=C(NCCN1CCC2(CCCCc3ccccc3OCCNC2=O)CC1)C1CC(=O)N(c2cccc3ccccc23)C1. The number of para-hydroxylation sites is 1. The number of carbonyl (C=O) groups excluding carboxylic acids is 3. The van der Waals surface area contributed by atoms with E-state index in [0.717, 1.165) is 80.4 Å². The Balaban J connectivity index is 0.978. The van der Waals surface area contributed by atoms with Crippen LogP contribution < -0.4 is 20.3 Å². The number of piperidine rings is 1. The zero-order valence-corrected chi connectivity index (χ0v) is 24.9. The fourth-order valence-corrected chi connectivity index (χ4v) is 6.98. The van der Waals surface area contributed by atoms with Gasteiger partial charge in [0.1, 0.15) is 12.4 Å².